The van der Waals surface area contributed by atoms with Crippen LogP contribution >= 0.6 is 27.3 Å². The van der Waals surface area contributed by atoms with E-state index in [1.165, 1.54) is 4.40 Å². The van der Waals surface area contributed by atoms with E-state index in [0.29, 0.717) is 10.9 Å². The van der Waals surface area contributed by atoms with Crippen molar-refractivity contribution in [3.8, 4) is 11.1 Å². The highest BCUT2D eigenvalue weighted by molar-refractivity contribution is 9.10. The fourth-order valence-electron chi connectivity index (χ4n) is 4.76. The van der Waals surface area contributed by atoms with E-state index < -0.39 is 0 Å². The number of hydrogen-bond donors (Lipinski definition) is 0. The van der Waals surface area contributed by atoms with Gasteiger partial charge in [-0.25, -0.2) is 9.20 Å². The van der Waals surface area contributed by atoms with Crippen LogP contribution in [0.5, 0.6) is 0 Å². The summed E-state index contributed by atoms with van der Waals surface area (Å²) >= 11 is 5.14. The minimum Gasteiger partial charge on any atom is -0.268 e. The van der Waals surface area contributed by atoms with E-state index in [-0.39, 0.29) is 11.2 Å². The van der Waals surface area contributed by atoms with Crippen LogP contribution in [0.2, 0.25) is 0 Å². The summed E-state index contributed by atoms with van der Waals surface area (Å²) in [4.78, 5) is 27.1. The summed E-state index contributed by atoms with van der Waals surface area (Å²) in [6.45, 7) is 0. The highest BCUT2D eigenvalue weighted by atomic mass is 79.9. The zero-order chi connectivity index (χ0) is 21.6. The third-order valence-corrected chi connectivity index (χ3v) is 7.77. The van der Waals surface area contributed by atoms with Gasteiger partial charge in [-0.15, -0.1) is 11.3 Å². The second-order valence-electron chi connectivity index (χ2n) is 7.91. The normalized spacial score (nSPS) is 12.2. The van der Waals surface area contributed by atoms with Crippen LogP contribution in [0.25, 0.3) is 53.2 Å². The molecule has 0 N–H and O–H groups in total. The first-order valence-corrected chi connectivity index (χ1v) is 11.8. The molecule has 4 aromatic carbocycles. The summed E-state index contributed by atoms with van der Waals surface area (Å²) in [5.41, 5.74) is 3.84. The topological polar surface area (TPSA) is 43.0 Å². The van der Waals surface area contributed by atoms with Crippen LogP contribution in [0.15, 0.2) is 92.9 Å². The molecule has 0 radical (unpaired) electrons. The van der Waals surface area contributed by atoms with Crippen molar-refractivity contribution >= 4 is 69.4 Å². The molecule has 0 amide bonds. The van der Waals surface area contributed by atoms with Crippen molar-refractivity contribution in [3.63, 3.8) is 0 Å². The molecular formula is C26H13BrN2O2S. The van der Waals surface area contributed by atoms with Gasteiger partial charge in [0.1, 0.15) is 0 Å². The van der Waals surface area contributed by atoms with E-state index in [9.17, 15) is 9.59 Å². The van der Waals surface area contributed by atoms with Gasteiger partial charge in [0, 0.05) is 15.2 Å². The van der Waals surface area contributed by atoms with Gasteiger partial charge >= 0.3 is 5.69 Å². The Hall–Kier alpha value is -3.48. The van der Waals surface area contributed by atoms with Crippen LogP contribution in [-0.4, -0.2) is 8.80 Å². The third-order valence-electron chi connectivity index (χ3n) is 6.18. The number of imidazole rings is 1. The third kappa shape index (κ3) is 2.25. The molecule has 0 aliphatic heterocycles. The quantitative estimate of drug-likeness (QED) is 0.197. The van der Waals surface area contributed by atoms with Gasteiger partial charge in [-0.1, -0.05) is 58.4 Å². The van der Waals surface area contributed by atoms with E-state index in [2.05, 4.69) is 40.2 Å². The lowest BCUT2D eigenvalue weighted by molar-refractivity contribution is 0.999. The van der Waals surface area contributed by atoms with Gasteiger partial charge < -0.3 is 0 Å². The molecule has 0 aliphatic carbocycles. The fraction of sp³-hybridized carbons (Fsp3) is 0. The van der Waals surface area contributed by atoms with Gasteiger partial charge in [0.15, 0.2) is 0 Å². The minimum absolute atomic E-state index is 0.274. The van der Waals surface area contributed by atoms with Crippen LogP contribution < -0.4 is 11.2 Å². The van der Waals surface area contributed by atoms with E-state index in [1.54, 1.807) is 15.7 Å². The zero-order valence-corrected chi connectivity index (χ0v) is 18.9. The van der Waals surface area contributed by atoms with Crippen LogP contribution in [0.1, 0.15) is 0 Å². The standard InChI is InChI=1S/C26H13BrN2O2S/c27-16-7-10-20-22(13-16)32-21-11-9-17-19-12-15(14-4-2-1-3-5-14)6-8-18(19)25(30)29-23(17)24(21)28(20)26(29)31/h1-13H. The monoisotopic (exact) mass is 496 g/mol. The summed E-state index contributed by atoms with van der Waals surface area (Å²) in [6, 6.07) is 25.9. The maximum atomic E-state index is 13.6. The van der Waals surface area contributed by atoms with E-state index in [0.717, 1.165) is 46.8 Å². The Bertz CT molecular complexity index is 1980. The van der Waals surface area contributed by atoms with Gasteiger partial charge in [-0.2, -0.15) is 0 Å². The molecule has 0 spiro atoms. The molecule has 32 heavy (non-hydrogen) atoms. The lowest BCUT2D eigenvalue weighted by atomic mass is 9.99. The molecule has 7 rings (SSSR count). The van der Waals surface area contributed by atoms with Crippen LogP contribution in [-0.2, 0) is 0 Å². The van der Waals surface area contributed by atoms with Crippen molar-refractivity contribution in [2.45, 2.75) is 0 Å². The number of hydrogen-bond acceptors (Lipinski definition) is 3. The number of pyridine rings is 1. The molecule has 0 atom stereocenters. The Kier molecular flexibility index (Phi) is 3.56. The van der Waals surface area contributed by atoms with E-state index in [1.807, 2.05) is 54.6 Å². The van der Waals surface area contributed by atoms with E-state index >= 15 is 0 Å². The number of aromatic nitrogens is 2. The van der Waals surface area contributed by atoms with Crippen molar-refractivity contribution in [1.82, 2.24) is 8.80 Å². The zero-order valence-electron chi connectivity index (χ0n) is 16.5. The number of fused-ring (bicyclic) bond motifs is 4. The first kappa shape index (κ1) is 18.1. The Morgan fingerprint density at radius 3 is 2.31 bits per heavy atom. The van der Waals surface area contributed by atoms with Crippen molar-refractivity contribution in [1.29, 1.82) is 0 Å². The van der Waals surface area contributed by atoms with Crippen molar-refractivity contribution < 1.29 is 0 Å². The molecular weight excluding hydrogens is 484 g/mol. The summed E-state index contributed by atoms with van der Waals surface area (Å²) in [5, 5.41) is 2.33. The minimum atomic E-state index is -0.319. The molecule has 0 fully saturated rings. The smallest absolute Gasteiger partial charge is 0.268 e. The second kappa shape index (κ2) is 6.28. The van der Waals surface area contributed by atoms with Crippen molar-refractivity contribution in [3.05, 3.63) is 104 Å². The lowest BCUT2D eigenvalue weighted by Gasteiger charge is -2.09. The Balaban J connectivity index is 1.73. The molecule has 0 bridgehead atoms. The highest BCUT2D eigenvalue weighted by Crippen LogP contribution is 2.36. The lowest BCUT2D eigenvalue weighted by Crippen LogP contribution is -2.26. The van der Waals surface area contributed by atoms with Gasteiger partial charge in [-0.3, -0.25) is 9.20 Å². The Morgan fingerprint density at radius 1 is 0.656 bits per heavy atom. The van der Waals surface area contributed by atoms with Crippen LogP contribution in [0, 0.1) is 0 Å². The summed E-state index contributed by atoms with van der Waals surface area (Å²) in [6.07, 6.45) is 0. The summed E-state index contributed by atoms with van der Waals surface area (Å²) < 4.78 is 5.94. The molecule has 0 unspecified atom stereocenters. The molecule has 6 heteroatoms. The first-order valence-electron chi connectivity index (χ1n) is 10.1. The SMILES string of the molecule is O=c1c2ccc(-c3ccccc3)cc2c2ccc3sc4cc(Br)ccc4n4c(=O)n1c2c34. The molecule has 4 nitrogen and oxygen atoms in total. The molecule has 7 aromatic rings. The molecule has 0 aliphatic rings. The fourth-order valence-corrected chi connectivity index (χ4v) is 6.38. The highest BCUT2D eigenvalue weighted by Gasteiger charge is 2.21. The van der Waals surface area contributed by atoms with Gasteiger partial charge in [-0.05, 0) is 52.9 Å². The largest absolute Gasteiger partial charge is 0.340 e. The first-order chi connectivity index (χ1) is 15.6. The number of nitrogens with zero attached hydrogens (tertiary/aromatic N) is 2. The van der Waals surface area contributed by atoms with Crippen molar-refractivity contribution in [2.75, 3.05) is 0 Å². The van der Waals surface area contributed by atoms with E-state index in [4.69, 9.17) is 0 Å². The Labute approximate surface area is 193 Å². The Morgan fingerprint density at radius 2 is 1.47 bits per heavy atom. The second-order valence-corrected chi connectivity index (χ2v) is 9.91. The summed E-state index contributed by atoms with van der Waals surface area (Å²) in [5.74, 6) is 0. The summed E-state index contributed by atoms with van der Waals surface area (Å²) in [7, 11) is 0. The molecule has 0 saturated heterocycles. The molecule has 3 aromatic heterocycles. The van der Waals surface area contributed by atoms with Gasteiger partial charge in [0.05, 0.1) is 25.9 Å². The number of benzene rings is 4. The van der Waals surface area contributed by atoms with Gasteiger partial charge in [0.2, 0.25) is 0 Å². The average Bonchev–Trinajstić information content (AvgIpc) is 3.13. The number of rotatable bonds is 1. The maximum Gasteiger partial charge on any atom is 0.340 e. The number of halogens is 1. The predicted octanol–water partition coefficient (Wildman–Crippen LogP) is 6.30. The van der Waals surface area contributed by atoms with Crippen molar-refractivity contribution in [2.24, 2.45) is 0 Å². The van der Waals surface area contributed by atoms with Crippen LogP contribution in [0.3, 0.4) is 0 Å². The van der Waals surface area contributed by atoms with Gasteiger partial charge in [0.25, 0.3) is 5.56 Å². The predicted molar refractivity (Wildman–Crippen MR) is 136 cm³/mol. The molecule has 0 saturated carbocycles. The average molecular weight is 497 g/mol. The van der Waals surface area contributed by atoms with Crippen LogP contribution in [0.4, 0.5) is 0 Å². The molecule has 152 valence electrons. The maximum absolute atomic E-state index is 13.6. The molecule has 3 heterocycles.